The second kappa shape index (κ2) is 4.80. The molecule has 2 atom stereocenters. The van der Waals surface area contributed by atoms with Crippen LogP contribution in [0.4, 0.5) is 0 Å². The van der Waals surface area contributed by atoms with Crippen LogP contribution in [0.5, 0.6) is 0 Å². The van der Waals surface area contributed by atoms with Crippen LogP contribution in [0, 0.1) is 5.41 Å². The Morgan fingerprint density at radius 2 is 2.38 bits per heavy atom. The standard InChI is InChI=1S/C10H18O2S/c1-3-6-12-8-10(4-2)5-7-13(11)9-10/h3,6H,4-5,7-9H2,1-2H3/b6-3+. The third kappa shape index (κ3) is 2.83. The van der Waals surface area contributed by atoms with Crippen molar-refractivity contribution in [2.45, 2.75) is 26.7 Å². The summed E-state index contributed by atoms with van der Waals surface area (Å²) in [4.78, 5) is 0. The first-order valence-corrected chi connectivity index (χ1v) is 6.29. The highest BCUT2D eigenvalue weighted by Crippen LogP contribution is 2.34. The van der Waals surface area contributed by atoms with Gasteiger partial charge in [-0.2, -0.15) is 0 Å². The van der Waals surface area contributed by atoms with E-state index in [2.05, 4.69) is 6.92 Å². The summed E-state index contributed by atoms with van der Waals surface area (Å²) in [5.74, 6) is 1.67. The van der Waals surface area contributed by atoms with E-state index in [0.29, 0.717) is 0 Å². The number of ether oxygens (including phenoxy) is 1. The molecule has 0 amide bonds. The Hall–Kier alpha value is -0.310. The topological polar surface area (TPSA) is 26.3 Å². The third-order valence-corrected chi connectivity index (χ3v) is 4.29. The highest BCUT2D eigenvalue weighted by molar-refractivity contribution is 7.85. The minimum absolute atomic E-state index is 0.185. The maximum absolute atomic E-state index is 11.3. The van der Waals surface area contributed by atoms with Crippen molar-refractivity contribution in [2.75, 3.05) is 18.1 Å². The summed E-state index contributed by atoms with van der Waals surface area (Å²) in [6.07, 6.45) is 5.72. The van der Waals surface area contributed by atoms with Gasteiger partial charge >= 0.3 is 0 Å². The molecule has 0 bridgehead atoms. The maximum Gasteiger partial charge on any atom is 0.0938 e. The summed E-state index contributed by atoms with van der Waals surface area (Å²) in [6, 6.07) is 0. The van der Waals surface area contributed by atoms with Crippen LogP contribution in [0.15, 0.2) is 12.3 Å². The van der Waals surface area contributed by atoms with Crippen molar-refractivity contribution in [3.8, 4) is 0 Å². The molecule has 2 nitrogen and oxygen atoms in total. The number of allylic oxidation sites excluding steroid dienone is 1. The molecule has 1 aliphatic heterocycles. The summed E-state index contributed by atoms with van der Waals surface area (Å²) in [5.41, 5.74) is 0.185. The largest absolute Gasteiger partial charge is 0.501 e. The van der Waals surface area contributed by atoms with E-state index in [9.17, 15) is 4.21 Å². The monoisotopic (exact) mass is 202 g/mol. The fraction of sp³-hybridized carbons (Fsp3) is 0.800. The van der Waals surface area contributed by atoms with Gasteiger partial charge in [0.15, 0.2) is 0 Å². The minimum Gasteiger partial charge on any atom is -0.501 e. The maximum atomic E-state index is 11.3. The predicted octanol–water partition coefficient (Wildman–Crippen LogP) is 2.09. The van der Waals surface area contributed by atoms with E-state index >= 15 is 0 Å². The Morgan fingerprint density at radius 3 is 2.85 bits per heavy atom. The SMILES string of the molecule is C/C=C/OCC1(CC)CCS(=O)C1. The van der Waals surface area contributed by atoms with Gasteiger partial charge in [0.2, 0.25) is 0 Å². The molecule has 0 aromatic carbocycles. The molecule has 0 aromatic heterocycles. The van der Waals surface area contributed by atoms with Crippen LogP contribution in [0.1, 0.15) is 26.7 Å². The zero-order valence-electron chi connectivity index (χ0n) is 8.41. The normalized spacial score (nSPS) is 34.2. The zero-order valence-corrected chi connectivity index (χ0v) is 9.23. The van der Waals surface area contributed by atoms with E-state index < -0.39 is 10.8 Å². The molecular weight excluding hydrogens is 184 g/mol. The van der Waals surface area contributed by atoms with Gasteiger partial charge in [-0.25, -0.2) is 0 Å². The molecule has 0 saturated carbocycles. The van der Waals surface area contributed by atoms with Crippen LogP contribution in [-0.4, -0.2) is 22.3 Å². The fourth-order valence-corrected chi connectivity index (χ4v) is 3.55. The van der Waals surface area contributed by atoms with Crippen molar-refractivity contribution >= 4 is 10.8 Å². The van der Waals surface area contributed by atoms with Gasteiger partial charge in [0.1, 0.15) is 0 Å². The molecule has 1 rings (SSSR count). The average molecular weight is 202 g/mol. The molecule has 2 unspecified atom stereocenters. The molecule has 1 heterocycles. The van der Waals surface area contributed by atoms with E-state index in [-0.39, 0.29) is 5.41 Å². The Labute approximate surface area is 82.8 Å². The Balaban J connectivity index is 2.45. The zero-order chi connectivity index (χ0) is 9.73. The summed E-state index contributed by atoms with van der Waals surface area (Å²) in [7, 11) is -0.602. The molecule has 76 valence electrons. The summed E-state index contributed by atoms with van der Waals surface area (Å²) < 4.78 is 16.7. The van der Waals surface area contributed by atoms with Crippen molar-refractivity contribution in [3.05, 3.63) is 12.3 Å². The van der Waals surface area contributed by atoms with Gasteiger partial charge in [-0.05, 0) is 19.8 Å². The highest BCUT2D eigenvalue weighted by Gasteiger charge is 2.36. The van der Waals surface area contributed by atoms with Crippen molar-refractivity contribution in [1.29, 1.82) is 0 Å². The van der Waals surface area contributed by atoms with E-state index in [1.165, 1.54) is 0 Å². The molecule has 1 saturated heterocycles. The lowest BCUT2D eigenvalue weighted by Crippen LogP contribution is -2.25. The van der Waals surface area contributed by atoms with E-state index in [1.54, 1.807) is 6.26 Å². The van der Waals surface area contributed by atoms with Gasteiger partial charge in [-0.1, -0.05) is 13.0 Å². The van der Waals surface area contributed by atoms with Crippen molar-refractivity contribution in [1.82, 2.24) is 0 Å². The quantitative estimate of drug-likeness (QED) is 0.652. The number of hydrogen-bond acceptors (Lipinski definition) is 2. The lowest BCUT2D eigenvalue weighted by molar-refractivity contribution is 0.124. The Morgan fingerprint density at radius 1 is 1.62 bits per heavy atom. The first-order chi connectivity index (χ1) is 6.22. The molecule has 1 fully saturated rings. The van der Waals surface area contributed by atoms with Crippen LogP contribution in [0.2, 0.25) is 0 Å². The molecule has 1 aliphatic rings. The first kappa shape index (κ1) is 10.8. The number of rotatable bonds is 4. The fourth-order valence-electron chi connectivity index (χ4n) is 1.63. The van der Waals surface area contributed by atoms with Gasteiger partial charge in [0.05, 0.1) is 12.9 Å². The lowest BCUT2D eigenvalue weighted by atomic mass is 9.86. The van der Waals surface area contributed by atoms with Gasteiger partial charge in [-0.15, -0.1) is 0 Å². The lowest BCUT2D eigenvalue weighted by Gasteiger charge is -2.24. The van der Waals surface area contributed by atoms with Crippen molar-refractivity contribution in [2.24, 2.45) is 5.41 Å². The van der Waals surface area contributed by atoms with E-state index in [4.69, 9.17) is 4.74 Å². The van der Waals surface area contributed by atoms with Crippen LogP contribution in [0.3, 0.4) is 0 Å². The average Bonchev–Trinajstić information content (AvgIpc) is 2.49. The molecule has 0 spiro atoms. The Bertz CT molecular complexity index is 213. The summed E-state index contributed by atoms with van der Waals surface area (Å²) >= 11 is 0. The van der Waals surface area contributed by atoms with Crippen molar-refractivity contribution < 1.29 is 8.95 Å². The van der Waals surface area contributed by atoms with Gasteiger partial charge in [-0.3, -0.25) is 4.21 Å². The van der Waals surface area contributed by atoms with Crippen molar-refractivity contribution in [3.63, 3.8) is 0 Å². The Kier molecular flexibility index (Phi) is 3.97. The van der Waals surface area contributed by atoms with Crippen LogP contribution in [-0.2, 0) is 15.5 Å². The molecule has 0 aliphatic carbocycles. The molecule has 0 aromatic rings. The molecule has 0 radical (unpaired) electrons. The second-order valence-corrected chi connectivity index (χ2v) is 5.25. The summed E-state index contributed by atoms with van der Waals surface area (Å²) in [6.45, 7) is 4.81. The highest BCUT2D eigenvalue weighted by atomic mass is 32.2. The smallest absolute Gasteiger partial charge is 0.0938 e. The molecule has 13 heavy (non-hydrogen) atoms. The van der Waals surface area contributed by atoms with E-state index in [1.807, 2.05) is 13.0 Å². The van der Waals surface area contributed by atoms with E-state index in [0.717, 1.165) is 31.0 Å². The summed E-state index contributed by atoms with van der Waals surface area (Å²) in [5, 5.41) is 0. The minimum atomic E-state index is -0.602. The van der Waals surface area contributed by atoms with Crippen LogP contribution >= 0.6 is 0 Å². The predicted molar refractivity (Wildman–Crippen MR) is 56.0 cm³/mol. The number of hydrogen-bond donors (Lipinski definition) is 0. The third-order valence-electron chi connectivity index (χ3n) is 2.70. The van der Waals surface area contributed by atoms with Crippen LogP contribution < -0.4 is 0 Å². The van der Waals surface area contributed by atoms with Crippen LogP contribution in [0.25, 0.3) is 0 Å². The second-order valence-electron chi connectivity index (χ2n) is 3.67. The van der Waals surface area contributed by atoms with Gasteiger partial charge in [0.25, 0.3) is 0 Å². The molecular formula is C10H18O2S. The van der Waals surface area contributed by atoms with Gasteiger partial charge in [0, 0.05) is 27.7 Å². The molecule has 3 heteroatoms. The first-order valence-electron chi connectivity index (χ1n) is 4.80. The van der Waals surface area contributed by atoms with Gasteiger partial charge < -0.3 is 4.74 Å². The molecule has 0 N–H and O–H groups in total.